The highest BCUT2D eigenvalue weighted by atomic mass is 32.1. The van der Waals surface area contributed by atoms with E-state index >= 15 is 0 Å². The lowest BCUT2D eigenvalue weighted by Gasteiger charge is -2.35. The Labute approximate surface area is 186 Å². The lowest BCUT2D eigenvalue weighted by molar-refractivity contribution is -0.117. The second-order valence-corrected chi connectivity index (χ2v) is 9.11. The molecule has 1 aliphatic heterocycles. The Morgan fingerprint density at radius 1 is 1.10 bits per heavy atom. The average Bonchev–Trinajstić information content (AvgIpc) is 3.29. The van der Waals surface area contributed by atoms with Crippen LogP contribution in [0, 0.1) is 0 Å². The minimum atomic E-state index is -0.664. The molecule has 166 valence electrons. The highest BCUT2D eigenvalue weighted by Gasteiger charge is 2.25. The monoisotopic (exact) mass is 443 g/mol. The fourth-order valence-corrected chi connectivity index (χ4v) is 4.95. The molecule has 1 atom stereocenters. The largest absolute Gasteiger partial charge is 0.353 e. The van der Waals surface area contributed by atoms with Gasteiger partial charge in [0.1, 0.15) is 16.9 Å². The van der Waals surface area contributed by atoms with Gasteiger partial charge < -0.3 is 15.1 Å². The molecular formula is C21H29N7O2S. The highest BCUT2D eigenvalue weighted by Crippen LogP contribution is 2.35. The van der Waals surface area contributed by atoms with E-state index in [4.69, 9.17) is 0 Å². The number of carbonyl (C=O) groups is 2. The van der Waals surface area contributed by atoms with E-state index in [9.17, 15) is 9.59 Å². The molecule has 4 rings (SSSR count). The van der Waals surface area contributed by atoms with Crippen LogP contribution in [0.2, 0.25) is 0 Å². The van der Waals surface area contributed by atoms with Gasteiger partial charge in [0, 0.05) is 38.3 Å². The van der Waals surface area contributed by atoms with Crippen molar-refractivity contribution >= 4 is 34.2 Å². The number of amides is 3. The number of anilines is 2. The molecule has 3 amide bonds. The molecule has 9 nitrogen and oxygen atoms in total. The van der Waals surface area contributed by atoms with Gasteiger partial charge in [0.2, 0.25) is 11.0 Å². The Hall–Kier alpha value is -2.75. The zero-order valence-corrected chi connectivity index (χ0v) is 18.6. The molecule has 0 spiro atoms. The minimum absolute atomic E-state index is 0.233. The first-order valence-electron chi connectivity index (χ1n) is 11.0. The van der Waals surface area contributed by atoms with Gasteiger partial charge in [-0.25, -0.2) is 9.78 Å². The summed E-state index contributed by atoms with van der Waals surface area (Å²) in [6.45, 7) is 4.26. The Morgan fingerprint density at radius 3 is 2.58 bits per heavy atom. The number of hydrogen-bond donors (Lipinski definition) is 2. The van der Waals surface area contributed by atoms with Crippen molar-refractivity contribution in [2.45, 2.75) is 51.0 Å². The van der Waals surface area contributed by atoms with Crippen LogP contribution in [-0.4, -0.2) is 64.2 Å². The quantitative estimate of drug-likeness (QED) is 0.737. The van der Waals surface area contributed by atoms with E-state index in [0.29, 0.717) is 37.2 Å². The molecular weight excluding hydrogens is 414 g/mol. The molecule has 0 aromatic carbocycles. The van der Waals surface area contributed by atoms with Crippen LogP contribution in [0.3, 0.4) is 0 Å². The number of aromatic nitrogens is 3. The highest BCUT2D eigenvalue weighted by molar-refractivity contribution is 7.15. The third-order valence-electron chi connectivity index (χ3n) is 5.90. The molecule has 3 heterocycles. The number of urea groups is 1. The second-order valence-electron chi connectivity index (χ2n) is 8.10. The van der Waals surface area contributed by atoms with Gasteiger partial charge >= 0.3 is 6.03 Å². The maximum Gasteiger partial charge on any atom is 0.318 e. The van der Waals surface area contributed by atoms with Crippen molar-refractivity contribution in [2.24, 2.45) is 0 Å². The number of hydrogen-bond acceptors (Lipinski definition) is 7. The molecule has 10 heteroatoms. The maximum absolute atomic E-state index is 12.6. The Morgan fingerprint density at radius 2 is 1.87 bits per heavy atom. The van der Waals surface area contributed by atoms with Gasteiger partial charge in [-0.3, -0.25) is 10.1 Å². The fraction of sp³-hybridized carbons (Fsp3) is 0.571. The lowest BCUT2D eigenvalue weighted by Crippen LogP contribution is -2.54. The summed E-state index contributed by atoms with van der Waals surface area (Å²) in [5.74, 6) is 1.09. The van der Waals surface area contributed by atoms with Crippen molar-refractivity contribution in [1.29, 1.82) is 0 Å². The predicted octanol–water partition coefficient (Wildman–Crippen LogP) is 2.84. The number of nitrogens with zero attached hydrogens (tertiary/aromatic N) is 5. The Balaban J connectivity index is 1.23. The first-order chi connectivity index (χ1) is 15.1. The van der Waals surface area contributed by atoms with Gasteiger partial charge in [-0.15, -0.1) is 10.2 Å². The summed E-state index contributed by atoms with van der Waals surface area (Å²) in [6, 6.07) is 4.91. The van der Waals surface area contributed by atoms with Gasteiger partial charge in [-0.2, -0.15) is 0 Å². The first-order valence-corrected chi connectivity index (χ1v) is 11.8. The summed E-state index contributed by atoms with van der Waals surface area (Å²) in [7, 11) is 0. The van der Waals surface area contributed by atoms with E-state index in [1.54, 1.807) is 18.0 Å². The van der Waals surface area contributed by atoms with Crippen molar-refractivity contribution in [3.8, 4) is 0 Å². The lowest BCUT2D eigenvalue weighted by atomic mass is 9.90. The minimum Gasteiger partial charge on any atom is -0.353 e. The molecule has 2 fully saturated rings. The van der Waals surface area contributed by atoms with Crippen LogP contribution in [0.1, 0.15) is 50.0 Å². The fourth-order valence-electron chi connectivity index (χ4n) is 4.03. The van der Waals surface area contributed by atoms with Crippen molar-refractivity contribution in [2.75, 3.05) is 36.4 Å². The van der Waals surface area contributed by atoms with Gasteiger partial charge in [0.15, 0.2) is 0 Å². The summed E-state index contributed by atoms with van der Waals surface area (Å²) < 4.78 is 0. The Kier molecular flexibility index (Phi) is 6.96. The molecule has 2 N–H and O–H groups in total. The molecule has 1 saturated heterocycles. The third kappa shape index (κ3) is 5.49. The summed E-state index contributed by atoms with van der Waals surface area (Å²) in [5.41, 5.74) is 0. The summed E-state index contributed by atoms with van der Waals surface area (Å²) in [5, 5.41) is 15.5. The van der Waals surface area contributed by atoms with Crippen LogP contribution in [-0.2, 0) is 4.79 Å². The SMILES string of the molecule is C[C@@H](NC(=O)N1CCN(c2ccccn2)CC1)C(=O)Nc1nnc(C2CCCCC2)s1. The van der Waals surface area contributed by atoms with E-state index in [1.807, 2.05) is 18.2 Å². The van der Waals surface area contributed by atoms with E-state index in [-0.39, 0.29) is 11.9 Å². The molecule has 31 heavy (non-hydrogen) atoms. The summed E-state index contributed by atoms with van der Waals surface area (Å²) in [4.78, 5) is 33.4. The zero-order valence-electron chi connectivity index (χ0n) is 17.8. The second kappa shape index (κ2) is 10.0. The molecule has 1 aliphatic carbocycles. The first kappa shape index (κ1) is 21.5. The van der Waals surface area contributed by atoms with Crippen LogP contribution in [0.15, 0.2) is 24.4 Å². The van der Waals surface area contributed by atoms with E-state index in [1.165, 1.54) is 30.6 Å². The summed E-state index contributed by atoms with van der Waals surface area (Å²) >= 11 is 1.44. The van der Waals surface area contributed by atoms with E-state index in [2.05, 4.69) is 30.7 Å². The molecule has 0 bridgehead atoms. The van der Waals surface area contributed by atoms with Gasteiger partial charge in [0.05, 0.1) is 0 Å². The average molecular weight is 444 g/mol. The molecule has 1 saturated carbocycles. The van der Waals surface area contributed by atoms with Crippen LogP contribution in [0.25, 0.3) is 0 Å². The standard InChI is InChI=1S/C21H29N7O2S/c1-15(18(29)24-20-26-25-19(31-20)16-7-3-2-4-8-16)23-21(30)28-13-11-27(12-14-28)17-9-5-6-10-22-17/h5-6,9-10,15-16H,2-4,7-8,11-14H2,1H3,(H,23,30)(H,24,26,29)/t15-/m1/s1. The van der Waals surface area contributed by atoms with Crippen molar-refractivity contribution in [3.63, 3.8) is 0 Å². The molecule has 0 radical (unpaired) electrons. The van der Waals surface area contributed by atoms with E-state index in [0.717, 1.165) is 23.7 Å². The molecule has 2 aliphatic rings. The van der Waals surface area contributed by atoms with Crippen LogP contribution in [0.5, 0.6) is 0 Å². The number of nitrogens with one attached hydrogen (secondary N) is 2. The maximum atomic E-state index is 12.6. The van der Waals surface area contributed by atoms with Crippen molar-refractivity contribution in [3.05, 3.63) is 29.4 Å². The Bertz CT molecular complexity index is 877. The van der Waals surface area contributed by atoms with Crippen LogP contribution >= 0.6 is 11.3 Å². The van der Waals surface area contributed by atoms with Crippen LogP contribution < -0.4 is 15.5 Å². The smallest absolute Gasteiger partial charge is 0.318 e. The number of carbonyl (C=O) groups excluding carboxylic acids is 2. The summed E-state index contributed by atoms with van der Waals surface area (Å²) in [6.07, 6.45) is 7.79. The van der Waals surface area contributed by atoms with Crippen molar-refractivity contribution in [1.82, 2.24) is 25.4 Å². The van der Waals surface area contributed by atoms with Gasteiger partial charge in [0.25, 0.3) is 0 Å². The van der Waals surface area contributed by atoms with Gasteiger partial charge in [-0.05, 0) is 31.9 Å². The number of piperazine rings is 1. The zero-order chi connectivity index (χ0) is 21.6. The molecule has 0 unspecified atom stereocenters. The van der Waals surface area contributed by atoms with Gasteiger partial charge in [-0.1, -0.05) is 36.7 Å². The topological polar surface area (TPSA) is 103 Å². The third-order valence-corrected chi connectivity index (χ3v) is 6.90. The molecule has 2 aromatic rings. The number of rotatable bonds is 5. The van der Waals surface area contributed by atoms with E-state index < -0.39 is 6.04 Å². The number of pyridine rings is 1. The normalized spacial score (nSPS) is 18.5. The molecule has 2 aromatic heterocycles. The predicted molar refractivity (Wildman–Crippen MR) is 120 cm³/mol. The van der Waals surface area contributed by atoms with Crippen molar-refractivity contribution < 1.29 is 9.59 Å². The van der Waals surface area contributed by atoms with Crippen LogP contribution in [0.4, 0.5) is 15.7 Å².